The van der Waals surface area contributed by atoms with Gasteiger partial charge in [0, 0.05) is 23.7 Å². The predicted octanol–water partition coefficient (Wildman–Crippen LogP) is 4.44. The van der Waals surface area contributed by atoms with E-state index < -0.39 is 0 Å². The molecule has 1 N–H and O–H groups in total. The predicted molar refractivity (Wildman–Crippen MR) is 103 cm³/mol. The lowest BCUT2D eigenvalue weighted by atomic mass is 9.97. The molecule has 0 aromatic heterocycles. The fraction of sp³-hybridized carbons (Fsp3) is 0.0455. The summed E-state index contributed by atoms with van der Waals surface area (Å²) in [5.74, 6) is 0.999. The van der Waals surface area contributed by atoms with E-state index in [0.29, 0.717) is 22.6 Å². The van der Waals surface area contributed by atoms with Crippen molar-refractivity contribution in [3.8, 4) is 17.9 Å². The second-order valence-electron chi connectivity index (χ2n) is 5.79. The third-order valence-corrected chi connectivity index (χ3v) is 3.86. The Morgan fingerprint density at radius 3 is 2.41 bits per heavy atom. The number of benzene rings is 2. The molecule has 1 amide bonds. The quantitative estimate of drug-likeness (QED) is 0.827. The van der Waals surface area contributed by atoms with Crippen LogP contribution in [0.15, 0.2) is 72.0 Å². The van der Waals surface area contributed by atoms with Crippen molar-refractivity contribution in [3.63, 3.8) is 0 Å². The Morgan fingerprint density at radius 1 is 1.04 bits per heavy atom. The number of nitrogens with one attached hydrogen (secondary N) is 1. The molecule has 0 spiro atoms. The van der Waals surface area contributed by atoms with Gasteiger partial charge in [-0.25, -0.2) is 0 Å². The largest absolute Gasteiger partial charge is 0.457 e. The number of nitriles is 2. The van der Waals surface area contributed by atoms with Crippen molar-refractivity contribution in [2.24, 2.45) is 0 Å². The number of allylic oxidation sites excluding steroid dienone is 4. The molecule has 5 nitrogen and oxygen atoms in total. The summed E-state index contributed by atoms with van der Waals surface area (Å²) in [5.41, 5.74) is 2.93. The van der Waals surface area contributed by atoms with E-state index in [1.54, 1.807) is 30.4 Å². The van der Waals surface area contributed by atoms with Gasteiger partial charge in [0.2, 0.25) is 5.91 Å². The van der Waals surface area contributed by atoms with Gasteiger partial charge in [-0.2, -0.15) is 10.5 Å². The first-order valence-electron chi connectivity index (χ1n) is 8.20. The zero-order chi connectivity index (χ0) is 19.2. The molecule has 3 rings (SSSR count). The molecule has 1 aliphatic rings. The minimum atomic E-state index is -0.122. The van der Waals surface area contributed by atoms with E-state index in [4.69, 9.17) is 4.74 Å². The average Bonchev–Trinajstić information content (AvgIpc) is 2.68. The van der Waals surface area contributed by atoms with Gasteiger partial charge in [-0.15, -0.1) is 0 Å². The van der Waals surface area contributed by atoms with Crippen LogP contribution in [0.5, 0.6) is 5.75 Å². The molecule has 130 valence electrons. The Labute approximate surface area is 157 Å². The van der Waals surface area contributed by atoms with Crippen LogP contribution in [-0.4, -0.2) is 5.91 Å². The Morgan fingerprint density at radius 2 is 1.74 bits per heavy atom. The van der Waals surface area contributed by atoms with Gasteiger partial charge >= 0.3 is 0 Å². The van der Waals surface area contributed by atoms with E-state index in [1.165, 1.54) is 6.92 Å². The molecule has 0 bridgehead atoms. The zero-order valence-corrected chi connectivity index (χ0v) is 14.6. The molecule has 1 aliphatic heterocycles. The maximum atomic E-state index is 11.1. The van der Waals surface area contributed by atoms with Crippen LogP contribution in [0.2, 0.25) is 0 Å². The van der Waals surface area contributed by atoms with Crippen LogP contribution in [0, 0.1) is 22.7 Å². The van der Waals surface area contributed by atoms with Crippen molar-refractivity contribution in [2.45, 2.75) is 6.92 Å². The summed E-state index contributed by atoms with van der Waals surface area (Å²) in [4.78, 5) is 11.1. The van der Waals surface area contributed by atoms with Gasteiger partial charge in [0.25, 0.3) is 0 Å². The molecule has 2 aromatic carbocycles. The molecule has 0 unspecified atom stereocenters. The van der Waals surface area contributed by atoms with E-state index in [9.17, 15) is 15.3 Å². The minimum absolute atomic E-state index is 0.0383. The molecule has 27 heavy (non-hydrogen) atoms. The Balaban J connectivity index is 1.90. The number of amides is 1. The number of carbonyl (C=O) groups excluding carboxylic acids is 1. The summed E-state index contributed by atoms with van der Waals surface area (Å²) in [6, 6.07) is 18.5. The lowest BCUT2D eigenvalue weighted by Gasteiger charge is -2.18. The number of carbonyl (C=O) groups is 1. The van der Waals surface area contributed by atoms with Gasteiger partial charge in [-0.05, 0) is 35.9 Å². The van der Waals surface area contributed by atoms with Gasteiger partial charge < -0.3 is 10.1 Å². The summed E-state index contributed by atoms with van der Waals surface area (Å²) >= 11 is 0. The first-order chi connectivity index (χ1) is 13.1. The van der Waals surface area contributed by atoms with Gasteiger partial charge in [0.05, 0.1) is 0 Å². The number of nitrogens with zero attached hydrogens (tertiary/aromatic N) is 2. The summed E-state index contributed by atoms with van der Waals surface area (Å²) < 4.78 is 5.86. The lowest BCUT2D eigenvalue weighted by molar-refractivity contribution is -0.114. The molecule has 2 aromatic rings. The summed E-state index contributed by atoms with van der Waals surface area (Å²) in [7, 11) is 0. The van der Waals surface area contributed by atoms with Crippen LogP contribution in [0.4, 0.5) is 5.69 Å². The maximum absolute atomic E-state index is 11.1. The molecule has 0 fully saturated rings. The summed E-state index contributed by atoms with van der Waals surface area (Å²) in [5, 5.41) is 21.2. The van der Waals surface area contributed by atoms with Crippen LogP contribution in [0.25, 0.3) is 11.6 Å². The highest BCUT2D eigenvalue weighted by Crippen LogP contribution is 2.35. The molecule has 0 saturated carbocycles. The van der Waals surface area contributed by atoms with Crippen LogP contribution in [0.1, 0.15) is 18.1 Å². The number of para-hydroxylation sites is 1. The van der Waals surface area contributed by atoms with Gasteiger partial charge in [-0.1, -0.05) is 36.4 Å². The number of hydrogen-bond acceptors (Lipinski definition) is 4. The second kappa shape index (κ2) is 7.86. The van der Waals surface area contributed by atoms with Crippen molar-refractivity contribution in [3.05, 3.63) is 83.1 Å². The van der Waals surface area contributed by atoms with Crippen molar-refractivity contribution in [2.75, 3.05) is 5.32 Å². The van der Waals surface area contributed by atoms with E-state index in [-0.39, 0.29) is 11.5 Å². The SMILES string of the molecule is CC(=O)Nc1ccc(C=CC2=CC(=C(C#N)C#N)c3ccccc3O2)cc1. The highest BCUT2D eigenvalue weighted by molar-refractivity contribution is 5.89. The van der Waals surface area contributed by atoms with Gasteiger partial charge in [0.1, 0.15) is 29.2 Å². The Bertz CT molecular complexity index is 1050. The van der Waals surface area contributed by atoms with E-state index in [0.717, 1.165) is 11.3 Å². The monoisotopic (exact) mass is 353 g/mol. The summed E-state index contributed by atoms with van der Waals surface area (Å²) in [6.45, 7) is 1.46. The number of rotatable bonds is 3. The summed E-state index contributed by atoms with van der Waals surface area (Å²) in [6.07, 6.45) is 5.31. The molecular formula is C22H15N3O2. The van der Waals surface area contributed by atoms with Crippen molar-refractivity contribution >= 4 is 23.2 Å². The average molecular weight is 353 g/mol. The normalized spacial score (nSPS) is 12.3. The van der Waals surface area contributed by atoms with Gasteiger partial charge in [0.15, 0.2) is 0 Å². The van der Waals surface area contributed by atoms with Crippen LogP contribution < -0.4 is 10.1 Å². The molecule has 0 aliphatic carbocycles. The smallest absolute Gasteiger partial charge is 0.221 e. The Kier molecular flexibility index (Phi) is 5.16. The van der Waals surface area contributed by atoms with E-state index in [1.807, 2.05) is 48.5 Å². The van der Waals surface area contributed by atoms with Crippen molar-refractivity contribution < 1.29 is 9.53 Å². The van der Waals surface area contributed by atoms with Gasteiger partial charge in [-0.3, -0.25) is 4.79 Å². The number of anilines is 1. The number of hydrogen-bond donors (Lipinski definition) is 1. The molecular weight excluding hydrogens is 338 g/mol. The van der Waals surface area contributed by atoms with E-state index >= 15 is 0 Å². The van der Waals surface area contributed by atoms with Crippen molar-refractivity contribution in [1.82, 2.24) is 0 Å². The maximum Gasteiger partial charge on any atom is 0.221 e. The minimum Gasteiger partial charge on any atom is -0.457 e. The zero-order valence-electron chi connectivity index (χ0n) is 14.6. The molecule has 0 saturated heterocycles. The van der Waals surface area contributed by atoms with E-state index in [2.05, 4.69) is 5.32 Å². The lowest BCUT2D eigenvalue weighted by Crippen LogP contribution is -2.05. The van der Waals surface area contributed by atoms with Crippen LogP contribution in [-0.2, 0) is 4.79 Å². The highest BCUT2D eigenvalue weighted by atomic mass is 16.5. The fourth-order valence-corrected chi connectivity index (χ4v) is 2.65. The number of fused-ring (bicyclic) bond motifs is 1. The molecule has 5 heteroatoms. The first-order valence-corrected chi connectivity index (χ1v) is 8.20. The Hall–Kier alpha value is -4.09. The highest BCUT2D eigenvalue weighted by Gasteiger charge is 2.18. The third-order valence-electron chi connectivity index (χ3n) is 3.86. The third kappa shape index (κ3) is 4.12. The van der Waals surface area contributed by atoms with Crippen LogP contribution >= 0.6 is 0 Å². The van der Waals surface area contributed by atoms with Crippen LogP contribution in [0.3, 0.4) is 0 Å². The topological polar surface area (TPSA) is 85.9 Å². The molecule has 1 heterocycles. The molecule has 0 atom stereocenters. The number of ether oxygens (including phenoxy) is 1. The standard InChI is InChI=1S/C22H15N3O2/c1-15(26)25-18-9-6-16(7-10-18)8-11-19-12-21(17(13-23)14-24)20-4-2-3-5-22(20)27-19/h2-12H,1H3,(H,25,26). The first kappa shape index (κ1) is 17.7. The fourth-order valence-electron chi connectivity index (χ4n) is 2.65. The van der Waals surface area contributed by atoms with Crippen molar-refractivity contribution in [1.29, 1.82) is 10.5 Å². The molecule has 0 radical (unpaired) electrons. The second-order valence-corrected chi connectivity index (χ2v) is 5.79.